The molecule has 0 radical (unpaired) electrons. The van der Waals surface area contributed by atoms with Crippen molar-refractivity contribution in [2.45, 2.75) is 26.4 Å². The molecule has 2 rings (SSSR count). The molecule has 0 saturated carbocycles. The number of rotatable bonds is 4. The van der Waals surface area contributed by atoms with Gasteiger partial charge in [-0.3, -0.25) is 4.79 Å². The number of carboxylic acid groups (broad SMARTS) is 1. The van der Waals surface area contributed by atoms with Crippen LogP contribution in [0, 0.1) is 6.92 Å². The van der Waals surface area contributed by atoms with Gasteiger partial charge >= 0.3 is 5.97 Å². The van der Waals surface area contributed by atoms with E-state index in [0.29, 0.717) is 0 Å². The number of carbonyl (C=O) groups is 2. The molecule has 2 aromatic rings. The molecule has 1 aromatic carbocycles. The highest BCUT2D eigenvalue weighted by Crippen LogP contribution is 2.15. The Morgan fingerprint density at radius 1 is 1.40 bits per heavy atom. The van der Waals surface area contributed by atoms with Crippen molar-refractivity contribution in [2.24, 2.45) is 0 Å². The van der Waals surface area contributed by atoms with E-state index < -0.39 is 12.0 Å². The summed E-state index contributed by atoms with van der Waals surface area (Å²) in [6.45, 7) is 3.40. The number of carbonyl (C=O) groups excluding carboxylic acids is 1. The Labute approximate surface area is 116 Å². The lowest BCUT2D eigenvalue weighted by Crippen LogP contribution is -2.41. The van der Waals surface area contributed by atoms with Crippen molar-refractivity contribution in [3.8, 4) is 0 Å². The average Bonchev–Trinajstić information content (AvgIpc) is 2.73. The second-order valence-corrected chi connectivity index (χ2v) is 4.75. The van der Waals surface area contributed by atoms with Gasteiger partial charge < -0.3 is 14.6 Å². The maximum atomic E-state index is 12.2. The van der Waals surface area contributed by atoms with Crippen LogP contribution in [0.25, 0.3) is 11.0 Å². The summed E-state index contributed by atoms with van der Waals surface area (Å²) in [5.41, 5.74) is 1.70. The van der Waals surface area contributed by atoms with Crippen LogP contribution in [0.15, 0.2) is 24.3 Å². The summed E-state index contributed by atoms with van der Waals surface area (Å²) in [6, 6.07) is 6.70. The van der Waals surface area contributed by atoms with Gasteiger partial charge in [0.25, 0.3) is 0 Å². The van der Waals surface area contributed by atoms with Crippen LogP contribution in [0.1, 0.15) is 12.7 Å². The maximum absolute atomic E-state index is 12.2. The first-order chi connectivity index (χ1) is 9.41. The van der Waals surface area contributed by atoms with Crippen molar-refractivity contribution in [1.29, 1.82) is 0 Å². The number of aliphatic carboxylic acids is 1. The van der Waals surface area contributed by atoms with Crippen LogP contribution in [0.4, 0.5) is 0 Å². The standard InChI is InChI=1S/C14H17N3O3/c1-9(14(19)20)16(3)13(18)8-17-10(2)15-11-6-4-5-7-12(11)17/h4-7,9H,8H2,1-3H3,(H,19,20). The summed E-state index contributed by atoms with van der Waals surface area (Å²) in [5.74, 6) is -0.546. The minimum absolute atomic E-state index is 0.0838. The Bertz CT molecular complexity index is 663. The number of aryl methyl sites for hydroxylation is 1. The van der Waals surface area contributed by atoms with E-state index in [0.717, 1.165) is 16.9 Å². The first kappa shape index (κ1) is 14.0. The lowest BCUT2D eigenvalue weighted by atomic mass is 10.3. The molecule has 106 valence electrons. The third kappa shape index (κ3) is 2.49. The molecule has 0 aliphatic carbocycles. The Balaban J connectivity index is 2.26. The number of imidazole rings is 1. The van der Waals surface area contributed by atoms with Crippen molar-refractivity contribution in [1.82, 2.24) is 14.5 Å². The zero-order chi connectivity index (χ0) is 14.9. The number of carboxylic acids is 1. The van der Waals surface area contributed by atoms with Crippen molar-refractivity contribution in [2.75, 3.05) is 7.05 Å². The van der Waals surface area contributed by atoms with E-state index in [4.69, 9.17) is 5.11 Å². The first-order valence-corrected chi connectivity index (χ1v) is 6.32. The zero-order valence-corrected chi connectivity index (χ0v) is 11.7. The Morgan fingerprint density at radius 2 is 2.05 bits per heavy atom. The summed E-state index contributed by atoms with van der Waals surface area (Å²) < 4.78 is 1.79. The molecule has 0 spiro atoms. The molecular weight excluding hydrogens is 258 g/mol. The molecule has 0 aliphatic rings. The second-order valence-electron chi connectivity index (χ2n) is 4.75. The van der Waals surface area contributed by atoms with Crippen LogP contribution >= 0.6 is 0 Å². The van der Waals surface area contributed by atoms with Crippen molar-refractivity contribution >= 4 is 22.9 Å². The largest absolute Gasteiger partial charge is 0.480 e. The summed E-state index contributed by atoms with van der Waals surface area (Å²) in [6.07, 6.45) is 0. The number of hydrogen-bond donors (Lipinski definition) is 1. The number of para-hydroxylation sites is 2. The highest BCUT2D eigenvalue weighted by Gasteiger charge is 2.22. The fraction of sp³-hybridized carbons (Fsp3) is 0.357. The van der Waals surface area contributed by atoms with Gasteiger partial charge in [0.15, 0.2) is 0 Å². The summed E-state index contributed by atoms with van der Waals surface area (Å²) in [4.78, 5) is 28.7. The molecule has 1 atom stereocenters. The van der Waals surface area contributed by atoms with Crippen molar-refractivity contribution in [3.63, 3.8) is 0 Å². The van der Waals surface area contributed by atoms with Crippen LogP contribution in [-0.4, -0.2) is 44.5 Å². The molecule has 1 aromatic heterocycles. The predicted molar refractivity (Wildman–Crippen MR) is 74.3 cm³/mol. The van der Waals surface area contributed by atoms with Gasteiger partial charge in [0, 0.05) is 7.05 Å². The van der Waals surface area contributed by atoms with Gasteiger partial charge in [-0.25, -0.2) is 9.78 Å². The third-order valence-electron chi connectivity index (χ3n) is 3.47. The first-order valence-electron chi connectivity index (χ1n) is 6.32. The SMILES string of the molecule is Cc1nc2ccccc2n1CC(=O)N(C)C(C)C(=O)O. The molecule has 1 unspecified atom stereocenters. The van der Waals surface area contributed by atoms with E-state index in [1.807, 2.05) is 31.2 Å². The highest BCUT2D eigenvalue weighted by atomic mass is 16.4. The van der Waals surface area contributed by atoms with Crippen molar-refractivity contribution in [3.05, 3.63) is 30.1 Å². The van der Waals surface area contributed by atoms with Gasteiger partial charge in [0.1, 0.15) is 18.4 Å². The zero-order valence-electron chi connectivity index (χ0n) is 11.7. The quantitative estimate of drug-likeness (QED) is 0.912. The van der Waals surface area contributed by atoms with Gasteiger partial charge in [0.2, 0.25) is 5.91 Å². The minimum atomic E-state index is -1.02. The molecule has 0 saturated heterocycles. The van der Waals surface area contributed by atoms with E-state index in [-0.39, 0.29) is 12.5 Å². The van der Waals surface area contributed by atoms with Crippen LogP contribution in [-0.2, 0) is 16.1 Å². The number of amides is 1. The second kappa shape index (κ2) is 5.32. The Morgan fingerprint density at radius 3 is 2.70 bits per heavy atom. The fourth-order valence-corrected chi connectivity index (χ4v) is 2.02. The lowest BCUT2D eigenvalue weighted by molar-refractivity contribution is -0.148. The number of likely N-dealkylation sites (N-methyl/N-ethyl adjacent to an activating group) is 1. The minimum Gasteiger partial charge on any atom is -0.480 e. The molecule has 1 N–H and O–H groups in total. The molecule has 6 heteroatoms. The van der Waals surface area contributed by atoms with Gasteiger partial charge in [-0.15, -0.1) is 0 Å². The molecule has 20 heavy (non-hydrogen) atoms. The smallest absolute Gasteiger partial charge is 0.326 e. The fourth-order valence-electron chi connectivity index (χ4n) is 2.02. The lowest BCUT2D eigenvalue weighted by Gasteiger charge is -2.22. The topological polar surface area (TPSA) is 75.4 Å². The summed E-state index contributed by atoms with van der Waals surface area (Å²) in [5, 5.41) is 8.94. The maximum Gasteiger partial charge on any atom is 0.326 e. The van der Waals surface area contributed by atoms with Crippen LogP contribution in [0.5, 0.6) is 0 Å². The normalized spacial score (nSPS) is 12.3. The van der Waals surface area contributed by atoms with Gasteiger partial charge in [0.05, 0.1) is 11.0 Å². The summed E-state index contributed by atoms with van der Waals surface area (Å²) >= 11 is 0. The van der Waals surface area contributed by atoms with Gasteiger partial charge in [-0.1, -0.05) is 12.1 Å². The van der Waals surface area contributed by atoms with E-state index in [9.17, 15) is 9.59 Å². The number of hydrogen-bond acceptors (Lipinski definition) is 3. The van der Waals surface area contributed by atoms with E-state index >= 15 is 0 Å². The molecule has 0 fully saturated rings. The number of nitrogens with zero attached hydrogens (tertiary/aromatic N) is 3. The molecule has 1 amide bonds. The average molecular weight is 275 g/mol. The number of aromatic nitrogens is 2. The predicted octanol–water partition coefficient (Wildman–Crippen LogP) is 1.28. The molecule has 0 aliphatic heterocycles. The highest BCUT2D eigenvalue weighted by molar-refractivity contribution is 5.84. The third-order valence-corrected chi connectivity index (χ3v) is 3.47. The molecule has 0 bridgehead atoms. The summed E-state index contributed by atoms with van der Waals surface area (Å²) in [7, 11) is 1.50. The Kier molecular flexibility index (Phi) is 3.74. The van der Waals surface area contributed by atoms with Gasteiger partial charge in [-0.2, -0.15) is 0 Å². The van der Waals surface area contributed by atoms with Gasteiger partial charge in [-0.05, 0) is 26.0 Å². The van der Waals surface area contributed by atoms with Crippen molar-refractivity contribution < 1.29 is 14.7 Å². The molecule has 1 heterocycles. The Hall–Kier alpha value is -2.37. The molecular formula is C14H17N3O3. The van der Waals surface area contributed by atoms with Crippen LogP contribution in [0.2, 0.25) is 0 Å². The number of benzene rings is 1. The van der Waals surface area contributed by atoms with E-state index in [1.165, 1.54) is 18.9 Å². The van der Waals surface area contributed by atoms with E-state index in [2.05, 4.69) is 4.98 Å². The van der Waals surface area contributed by atoms with Crippen LogP contribution < -0.4 is 0 Å². The molecule has 6 nitrogen and oxygen atoms in total. The van der Waals surface area contributed by atoms with E-state index in [1.54, 1.807) is 4.57 Å². The number of fused-ring (bicyclic) bond motifs is 1. The van der Waals surface area contributed by atoms with Crippen LogP contribution in [0.3, 0.4) is 0 Å². The monoisotopic (exact) mass is 275 g/mol.